The van der Waals surface area contributed by atoms with Gasteiger partial charge < -0.3 is 15.2 Å². The number of ether oxygens (including phenoxy) is 1. The van der Waals surface area contributed by atoms with Crippen LogP contribution in [-0.2, 0) is 6.42 Å². The van der Waals surface area contributed by atoms with Gasteiger partial charge >= 0.3 is 0 Å². The minimum atomic E-state index is -0.594. The van der Waals surface area contributed by atoms with Gasteiger partial charge in [-0.3, -0.25) is 14.9 Å². The summed E-state index contributed by atoms with van der Waals surface area (Å²) in [6.45, 7) is 0. The zero-order valence-electron chi connectivity index (χ0n) is 13.0. The van der Waals surface area contributed by atoms with Gasteiger partial charge in [0, 0.05) is 6.07 Å². The normalized spacial score (nSPS) is 15.6. The Morgan fingerprint density at radius 1 is 1.38 bits per heavy atom. The van der Waals surface area contributed by atoms with Crippen LogP contribution in [0.1, 0.15) is 33.9 Å². The van der Waals surface area contributed by atoms with Crippen LogP contribution in [0.15, 0.2) is 36.4 Å². The maximum absolute atomic E-state index is 12.6. The van der Waals surface area contributed by atoms with Crippen molar-refractivity contribution in [2.45, 2.75) is 18.9 Å². The van der Waals surface area contributed by atoms with E-state index in [2.05, 4.69) is 5.32 Å². The van der Waals surface area contributed by atoms with Crippen LogP contribution in [0.5, 0.6) is 11.5 Å². The van der Waals surface area contributed by atoms with Crippen molar-refractivity contribution < 1.29 is 19.6 Å². The summed E-state index contributed by atoms with van der Waals surface area (Å²) in [6, 6.07) is 8.92. The van der Waals surface area contributed by atoms with E-state index in [0.29, 0.717) is 18.6 Å². The number of nitrogens with one attached hydrogen (secondary N) is 1. The largest absolute Gasteiger partial charge is 0.508 e. The maximum Gasteiger partial charge on any atom is 0.282 e. The highest BCUT2D eigenvalue weighted by molar-refractivity contribution is 5.98. The van der Waals surface area contributed by atoms with E-state index in [4.69, 9.17) is 4.74 Å². The van der Waals surface area contributed by atoms with Crippen LogP contribution in [-0.4, -0.2) is 23.0 Å². The zero-order chi connectivity index (χ0) is 17.3. The molecule has 24 heavy (non-hydrogen) atoms. The first-order valence-corrected chi connectivity index (χ1v) is 7.45. The lowest BCUT2D eigenvalue weighted by molar-refractivity contribution is -0.385. The molecule has 0 radical (unpaired) electrons. The number of fused-ring (bicyclic) bond motifs is 1. The summed E-state index contributed by atoms with van der Waals surface area (Å²) in [5, 5.41) is 23.8. The number of phenols is 1. The van der Waals surface area contributed by atoms with E-state index >= 15 is 0 Å². The summed E-state index contributed by atoms with van der Waals surface area (Å²) in [5.41, 5.74) is 1.33. The minimum absolute atomic E-state index is 0.0482. The van der Waals surface area contributed by atoms with Gasteiger partial charge in [-0.15, -0.1) is 0 Å². The molecule has 0 unspecified atom stereocenters. The molecule has 3 rings (SSSR count). The van der Waals surface area contributed by atoms with Crippen LogP contribution in [0.2, 0.25) is 0 Å². The molecule has 0 spiro atoms. The molecule has 1 aliphatic rings. The first-order chi connectivity index (χ1) is 11.5. The number of hydrogen-bond acceptors (Lipinski definition) is 5. The number of benzene rings is 2. The Bertz CT molecular complexity index is 819. The van der Waals surface area contributed by atoms with Crippen LogP contribution >= 0.6 is 0 Å². The minimum Gasteiger partial charge on any atom is -0.508 e. The molecule has 0 heterocycles. The third-order valence-electron chi connectivity index (χ3n) is 4.20. The van der Waals surface area contributed by atoms with Crippen molar-refractivity contribution in [2.24, 2.45) is 0 Å². The molecule has 1 atom stereocenters. The molecule has 0 aliphatic heterocycles. The lowest BCUT2D eigenvalue weighted by Gasteiger charge is -2.15. The quantitative estimate of drug-likeness (QED) is 0.664. The van der Waals surface area contributed by atoms with Gasteiger partial charge in [-0.05, 0) is 42.2 Å². The van der Waals surface area contributed by atoms with Crippen molar-refractivity contribution in [3.05, 3.63) is 63.2 Å². The second-order valence-electron chi connectivity index (χ2n) is 5.55. The molecule has 0 aromatic heterocycles. The van der Waals surface area contributed by atoms with E-state index in [-0.39, 0.29) is 23.0 Å². The average molecular weight is 328 g/mol. The Morgan fingerprint density at radius 3 is 2.88 bits per heavy atom. The van der Waals surface area contributed by atoms with E-state index in [1.807, 2.05) is 6.07 Å². The summed E-state index contributed by atoms with van der Waals surface area (Å²) in [4.78, 5) is 23.1. The van der Waals surface area contributed by atoms with Crippen molar-refractivity contribution in [2.75, 3.05) is 7.11 Å². The van der Waals surface area contributed by atoms with Gasteiger partial charge in [-0.1, -0.05) is 12.1 Å². The van der Waals surface area contributed by atoms with Crippen molar-refractivity contribution in [3.8, 4) is 11.5 Å². The number of methoxy groups -OCH3 is 1. The number of rotatable bonds is 4. The van der Waals surface area contributed by atoms with E-state index < -0.39 is 10.8 Å². The van der Waals surface area contributed by atoms with Gasteiger partial charge in [0.05, 0.1) is 18.1 Å². The molecule has 2 aromatic rings. The number of carbonyl (C=O) groups excluding carboxylic acids is 1. The van der Waals surface area contributed by atoms with Crippen molar-refractivity contribution >= 4 is 11.6 Å². The van der Waals surface area contributed by atoms with Crippen LogP contribution in [0.4, 0.5) is 5.69 Å². The van der Waals surface area contributed by atoms with E-state index in [1.54, 1.807) is 12.1 Å². The molecular weight excluding hydrogens is 312 g/mol. The molecule has 0 saturated carbocycles. The highest BCUT2D eigenvalue weighted by atomic mass is 16.6. The van der Waals surface area contributed by atoms with E-state index in [1.165, 1.54) is 25.3 Å². The van der Waals surface area contributed by atoms with Crippen LogP contribution in [0, 0.1) is 10.1 Å². The SMILES string of the molecule is COc1ccc([N+](=O)[O-])c(C(=O)N[C@H]2CCc3c(O)cccc32)c1. The maximum atomic E-state index is 12.6. The summed E-state index contributed by atoms with van der Waals surface area (Å²) in [6.07, 6.45) is 1.28. The third kappa shape index (κ3) is 2.76. The monoisotopic (exact) mass is 328 g/mol. The highest BCUT2D eigenvalue weighted by Crippen LogP contribution is 2.36. The predicted octanol–water partition coefficient (Wildman–Crippen LogP) is 2.73. The molecule has 124 valence electrons. The number of amides is 1. The summed E-state index contributed by atoms with van der Waals surface area (Å²) >= 11 is 0. The Kier molecular flexibility index (Phi) is 4.07. The van der Waals surface area contributed by atoms with Gasteiger partial charge in [-0.25, -0.2) is 0 Å². The second-order valence-corrected chi connectivity index (χ2v) is 5.55. The second kappa shape index (κ2) is 6.19. The topological polar surface area (TPSA) is 102 Å². The third-order valence-corrected chi connectivity index (χ3v) is 4.20. The fourth-order valence-electron chi connectivity index (χ4n) is 3.00. The van der Waals surface area contributed by atoms with Gasteiger partial charge in [0.15, 0.2) is 0 Å². The van der Waals surface area contributed by atoms with Crippen LogP contribution in [0.3, 0.4) is 0 Å². The summed E-state index contributed by atoms with van der Waals surface area (Å²) < 4.78 is 5.05. The molecule has 0 saturated heterocycles. The lowest BCUT2D eigenvalue weighted by Crippen LogP contribution is -2.27. The van der Waals surface area contributed by atoms with Gasteiger partial charge in [0.2, 0.25) is 0 Å². The molecule has 2 aromatic carbocycles. The van der Waals surface area contributed by atoms with Crippen LogP contribution < -0.4 is 10.1 Å². The number of nitro benzene ring substituents is 1. The first-order valence-electron chi connectivity index (χ1n) is 7.45. The molecule has 7 heteroatoms. The molecule has 7 nitrogen and oxygen atoms in total. The molecule has 1 amide bonds. The Balaban J connectivity index is 1.89. The molecular formula is C17H16N2O5. The number of nitro groups is 1. The lowest BCUT2D eigenvalue weighted by atomic mass is 10.1. The van der Waals surface area contributed by atoms with E-state index in [0.717, 1.165) is 11.1 Å². The van der Waals surface area contributed by atoms with Crippen LogP contribution in [0.25, 0.3) is 0 Å². The number of nitrogens with zero attached hydrogens (tertiary/aromatic N) is 1. The molecule has 2 N–H and O–H groups in total. The molecule has 0 bridgehead atoms. The number of aromatic hydroxyl groups is 1. The predicted molar refractivity (Wildman–Crippen MR) is 86.3 cm³/mol. The van der Waals surface area contributed by atoms with E-state index in [9.17, 15) is 20.0 Å². The van der Waals surface area contributed by atoms with Crippen molar-refractivity contribution in [1.82, 2.24) is 5.32 Å². The summed E-state index contributed by atoms with van der Waals surface area (Å²) in [5.74, 6) is 0.0358. The molecule has 1 aliphatic carbocycles. The molecule has 0 fully saturated rings. The summed E-state index contributed by atoms with van der Waals surface area (Å²) in [7, 11) is 1.43. The number of carbonyl (C=O) groups is 1. The first kappa shape index (κ1) is 15.8. The smallest absolute Gasteiger partial charge is 0.282 e. The highest BCUT2D eigenvalue weighted by Gasteiger charge is 2.28. The van der Waals surface area contributed by atoms with Gasteiger partial charge in [-0.2, -0.15) is 0 Å². The van der Waals surface area contributed by atoms with Crippen molar-refractivity contribution in [3.63, 3.8) is 0 Å². The Labute approximate surface area is 138 Å². The average Bonchev–Trinajstić information content (AvgIpc) is 2.98. The zero-order valence-corrected chi connectivity index (χ0v) is 13.0. The van der Waals surface area contributed by atoms with Crippen molar-refractivity contribution in [1.29, 1.82) is 0 Å². The standard InChI is InChI=1S/C17H16N2O5/c1-24-10-5-8-15(19(22)23)13(9-10)17(21)18-14-7-6-12-11(14)3-2-4-16(12)20/h2-5,8-9,14,20H,6-7H2,1H3,(H,18,21)/t14-/m0/s1. The Hall–Kier alpha value is -3.09. The fraction of sp³-hybridized carbons (Fsp3) is 0.235. The number of phenolic OH excluding ortho intramolecular Hbond substituents is 1. The fourth-order valence-corrected chi connectivity index (χ4v) is 3.00. The number of hydrogen-bond donors (Lipinski definition) is 2. The van der Waals surface area contributed by atoms with Gasteiger partial charge in [0.25, 0.3) is 11.6 Å². The van der Waals surface area contributed by atoms with Gasteiger partial charge in [0.1, 0.15) is 17.1 Å². The Morgan fingerprint density at radius 2 is 2.17 bits per heavy atom.